The van der Waals surface area contributed by atoms with Crippen LogP contribution in [0.2, 0.25) is 0 Å². The van der Waals surface area contributed by atoms with E-state index in [2.05, 4.69) is 17.2 Å². The van der Waals surface area contributed by atoms with Crippen LogP contribution in [-0.2, 0) is 9.53 Å². The summed E-state index contributed by atoms with van der Waals surface area (Å²) in [5.41, 5.74) is 2.29. The number of halogens is 1. The monoisotopic (exact) mass is 437 g/mol. The second kappa shape index (κ2) is 9.39. The Balaban J connectivity index is 1.48. The third-order valence-corrected chi connectivity index (χ3v) is 5.88. The summed E-state index contributed by atoms with van der Waals surface area (Å²) in [6, 6.07) is 12.2. The van der Waals surface area contributed by atoms with E-state index in [1.807, 2.05) is 24.3 Å². The van der Waals surface area contributed by atoms with Crippen LogP contribution >= 0.6 is 0 Å². The van der Waals surface area contributed by atoms with E-state index in [1.165, 1.54) is 29.2 Å². The number of methoxy groups -OCH3 is 1. The number of aliphatic hydroxyl groups is 1. The number of nitrogens with zero attached hydrogens (tertiary/aromatic N) is 2. The van der Waals surface area contributed by atoms with Crippen LogP contribution in [0, 0.1) is 17.7 Å². The minimum absolute atomic E-state index is 0.0687. The summed E-state index contributed by atoms with van der Waals surface area (Å²) in [7, 11) is 1.59. The van der Waals surface area contributed by atoms with E-state index in [0.29, 0.717) is 18.8 Å². The van der Waals surface area contributed by atoms with Gasteiger partial charge in [0.25, 0.3) is 0 Å². The van der Waals surface area contributed by atoms with Crippen LogP contribution in [0.3, 0.4) is 0 Å². The van der Waals surface area contributed by atoms with E-state index in [-0.39, 0.29) is 37.1 Å². The quantitative estimate of drug-likeness (QED) is 0.718. The van der Waals surface area contributed by atoms with Crippen LogP contribution in [0.5, 0.6) is 0 Å². The van der Waals surface area contributed by atoms with Crippen LogP contribution < -0.4 is 5.32 Å². The number of amides is 3. The maximum Gasteiger partial charge on any atom is 0.322 e. The van der Waals surface area contributed by atoms with Crippen LogP contribution in [0.15, 0.2) is 48.5 Å². The first-order valence-corrected chi connectivity index (χ1v) is 10.3. The number of nitrogens with one attached hydrogen (secondary N) is 1. The summed E-state index contributed by atoms with van der Waals surface area (Å²) in [6.45, 7) is 0.478. The van der Waals surface area contributed by atoms with Crippen molar-refractivity contribution in [2.24, 2.45) is 0 Å². The minimum Gasteiger partial charge on any atom is -0.394 e. The fourth-order valence-electron chi connectivity index (χ4n) is 4.39. The molecule has 7 nitrogen and oxygen atoms in total. The highest BCUT2D eigenvalue weighted by molar-refractivity contribution is 5.93. The molecule has 2 N–H and O–H groups in total. The summed E-state index contributed by atoms with van der Waals surface area (Å²) in [4.78, 5) is 28.6. The Morgan fingerprint density at radius 1 is 1.22 bits per heavy atom. The largest absolute Gasteiger partial charge is 0.394 e. The summed E-state index contributed by atoms with van der Waals surface area (Å²) in [6.07, 6.45) is 0. The number of hydrogen-bond donors (Lipinski definition) is 2. The molecule has 2 fully saturated rings. The first kappa shape index (κ1) is 21.8. The first-order valence-electron chi connectivity index (χ1n) is 10.3. The van der Waals surface area contributed by atoms with Gasteiger partial charge in [-0.15, -0.1) is 0 Å². The summed E-state index contributed by atoms with van der Waals surface area (Å²) < 4.78 is 18.0. The number of ether oxygens (including phenoxy) is 1. The molecule has 2 heterocycles. The van der Waals surface area contributed by atoms with E-state index in [1.54, 1.807) is 12.0 Å². The van der Waals surface area contributed by atoms with Crippen molar-refractivity contribution in [2.45, 2.75) is 18.0 Å². The molecule has 2 aromatic rings. The molecule has 0 spiro atoms. The topological polar surface area (TPSA) is 82.1 Å². The lowest BCUT2D eigenvalue weighted by atomic mass is 9.73. The fourth-order valence-corrected chi connectivity index (χ4v) is 4.39. The maximum atomic E-state index is 13.1. The average molecular weight is 437 g/mol. The van der Waals surface area contributed by atoms with Gasteiger partial charge in [-0.3, -0.25) is 4.79 Å². The Hall–Kier alpha value is -3.41. The van der Waals surface area contributed by atoms with Gasteiger partial charge in [0.05, 0.1) is 18.7 Å². The highest BCUT2D eigenvalue weighted by atomic mass is 19.1. The van der Waals surface area contributed by atoms with Crippen LogP contribution in [0.4, 0.5) is 14.9 Å². The molecule has 2 aromatic carbocycles. The number of piperazine rings is 1. The van der Waals surface area contributed by atoms with Crippen LogP contribution in [0.1, 0.15) is 17.0 Å². The Morgan fingerprint density at radius 3 is 2.59 bits per heavy atom. The third kappa shape index (κ3) is 4.31. The van der Waals surface area contributed by atoms with Gasteiger partial charge in [-0.05, 0) is 42.0 Å². The van der Waals surface area contributed by atoms with E-state index in [9.17, 15) is 19.1 Å². The molecule has 3 atom stereocenters. The molecule has 2 aliphatic heterocycles. The van der Waals surface area contributed by atoms with Crippen LogP contribution in [-0.4, -0.2) is 72.3 Å². The van der Waals surface area contributed by atoms with E-state index < -0.39 is 11.8 Å². The smallest absolute Gasteiger partial charge is 0.322 e. The first-order chi connectivity index (χ1) is 15.5. The van der Waals surface area contributed by atoms with Gasteiger partial charge < -0.3 is 25.0 Å². The molecule has 2 saturated heterocycles. The van der Waals surface area contributed by atoms with Gasteiger partial charge in [-0.25, -0.2) is 9.18 Å². The van der Waals surface area contributed by atoms with Gasteiger partial charge in [-0.1, -0.05) is 24.0 Å². The number of urea groups is 1. The predicted molar refractivity (Wildman–Crippen MR) is 116 cm³/mol. The van der Waals surface area contributed by atoms with Crippen LogP contribution in [0.25, 0.3) is 0 Å². The molecular weight excluding hydrogens is 413 g/mol. The zero-order chi connectivity index (χ0) is 22.7. The summed E-state index contributed by atoms with van der Waals surface area (Å²) in [5.74, 6) is 5.23. The number of anilines is 1. The van der Waals surface area contributed by atoms with Crippen molar-refractivity contribution in [1.82, 2.24) is 9.80 Å². The van der Waals surface area contributed by atoms with Crippen molar-refractivity contribution in [3.63, 3.8) is 0 Å². The van der Waals surface area contributed by atoms with Crippen molar-refractivity contribution in [3.8, 4) is 11.8 Å². The van der Waals surface area contributed by atoms with Gasteiger partial charge in [0.1, 0.15) is 19.0 Å². The molecule has 0 aromatic heterocycles. The molecular formula is C24H24FN3O4. The Kier molecular flexibility index (Phi) is 6.40. The molecule has 0 aliphatic carbocycles. The van der Waals surface area contributed by atoms with Crippen molar-refractivity contribution in [1.29, 1.82) is 0 Å². The van der Waals surface area contributed by atoms with Crippen molar-refractivity contribution in [3.05, 3.63) is 65.5 Å². The Labute approximate surface area is 185 Å². The second-order valence-electron chi connectivity index (χ2n) is 7.82. The number of fused-ring (bicyclic) bond motifs is 1. The molecule has 2 aliphatic rings. The fraction of sp³-hybridized carbons (Fsp3) is 0.333. The lowest BCUT2D eigenvalue weighted by Crippen LogP contribution is -2.73. The van der Waals surface area contributed by atoms with Gasteiger partial charge in [0.15, 0.2) is 0 Å². The third-order valence-electron chi connectivity index (χ3n) is 5.88. The molecule has 0 bridgehead atoms. The van der Waals surface area contributed by atoms with E-state index >= 15 is 0 Å². The predicted octanol–water partition coefficient (Wildman–Crippen LogP) is 2.03. The molecule has 0 saturated carbocycles. The van der Waals surface area contributed by atoms with Crippen molar-refractivity contribution in [2.75, 3.05) is 38.7 Å². The van der Waals surface area contributed by atoms with Gasteiger partial charge in [0.2, 0.25) is 5.91 Å². The number of hydrogen-bond acceptors (Lipinski definition) is 4. The van der Waals surface area contributed by atoms with Gasteiger partial charge in [0, 0.05) is 30.8 Å². The molecule has 8 heteroatoms. The summed E-state index contributed by atoms with van der Waals surface area (Å²) in [5, 5.41) is 12.6. The number of benzene rings is 2. The SMILES string of the molecule is COCC#Cc1ccc([C@H]2[C@@H](CO)N3C(=O)CN(C(=O)Nc4ccc(F)cc4)C[C@@H]23)cc1. The molecule has 0 unspecified atom stereocenters. The standard InChI is InChI=1S/C24H24FN3O4/c1-32-12-2-3-16-4-6-17(7-5-16)23-20-13-27(14-22(30)28(20)21(23)15-29)24(31)26-19-10-8-18(25)9-11-19/h4-11,20-21,23,29H,12-15H2,1H3,(H,26,31)/t20-,21+,23+/m0/s1. The van der Waals surface area contributed by atoms with Crippen molar-refractivity contribution >= 4 is 17.6 Å². The van der Waals surface area contributed by atoms with Gasteiger partial charge in [-0.2, -0.15) is 0 Å². The van der Waals surface area contributed by atoms with E-state index in [0.717, 1.165) is 11.1 Å². The number of rotatable bonds is 4. The highest BCUT2D eigenvalue weighted by Gasteiger charge is 2.54. The Morgan fingerprint density at radius 2 is 1.94 bits per heavy atom. The normalized spacial score (nSPS) is 21.8. The zero-order valence-corrected chi connectivity index (χ0v) is 17.6. The number of carbonyl (C=O) groups is 2. The molecule has 0 radical (unpaired) electrons. The number of aliphatic hydroxyl groups excluding tert-OH is 1. The lowest BCUT2D eigenvalue weighted by molar-refractivity contribution is -0.159. The minimum atomic E-state index is -0.417. The molecule has 32 heavy (non-hydrogen) atoms. The summed E-state index contributed by atoms with van der Waals surface area (Å²) >= 11 is 0. The molecule has 3 amide bonds. The van der Waals surface area contributed by atoms with Gasteiger partial charge >= 0.3 is 6.03 Å². The molecule has 166 valence electrons. The Bertz CT molecular complexity index is 1050. The van der Waals surface area contributed by atoms with Crippen molar-refractivity contribution < 1.29 is 23.8 Å². The lowest BCUT2D eigenvalue weighted by Gasteiger charge is -2.58. The zero-order valence-electron chi connectivity index (χ0n) is 17.6. The molecule has 4 rings (SSSR count). The average Bonchev–Trinajstić information content (AvgIpc) is 2.78. The highest BCUT2D eigenvalue weighted by Crippen LogP contribution is 2.42. The van der Waals surface area contributed by atoms with E-state index in [4.69, 9.17) is 4.74 Å². The maximum absolute atomic E-state index is 13.1. The number of carbonyl (C=O) groups excluding carboxylic acids is 2. The second-order valence-corrected chi connectivity index (χ2v) is 7.82.